The van der Waals surface area contributed by atoms with Crippen LogP contribution in [0.5, 0.6) is 0 Å². The lowest BCUT2D eigenvalue weighted by molar-refractivity contribution is 0.0692. The van der Waals surface area contributed by atoms with Crippen molar-refractivity contribution < 1.29 is 23.4 Å². The van der Waals surface area contributed by atoms with E-state index in [1.807, 2.05) is 0 Å². The molecule has 1 fully saturated rings. The van der Waals surface area contributed by atoms with Crippen LogP contribution >= 0.6 is 0 Å². The number of carbonyl (C=O) groups is 1. The smallest absolute Gasteiger partial charge is 0.337 e. The number of hydrogen-bond donors (Lipinski definition) is 3. The van der Waals surface area contributed by atoms with E-state index in [2.05, 4.69) is 23.5 Å². The minimum Gasteiger partial charge on any atom is -0.478 e. The number of nitrogens with one attached hydrogen (secondary N) is 1. The molecule has 2 unspecified atom stereocenters. The van der Waals surface area contributed by atoms with Crippen LogP contribution in [0.1, 0.15) is 30.6 Å². The van der Waals surface area contributed by atoms with E-state index in [9.17, 15) is 18.3 Å². The maximum atomic E-state index is 12.3. The van der Waals surface area contributed by atoms with Crippen molar-refractivity contribution in [3.63, 3.8) is 0 Å². The number of carboxylic acids is 1. The number of hydrogen-bond acceptors (Lipinski definition) is 5. The number of carboxylic acid groups (broad SMARTS) is 1. The van der Waals surface area contributed by atoms with Crippen LogP contribution < -0.4 is 4.72 Å². The van der Waals surface area contributed by atoms with Gasteiger partial charge < -0.3 is 10.2 Å². The highest BCUT2D eigenvalue weighted by atomic mass is 32.2. The molecule has 1 aromatic carbocycles. The first-order valence-corrected chi connectivity index (χ1v) is 9.43. The molecule has 24 heavy (non-hydrogen) atoms. The highest BCUT2D eigenvalue weighted by Crippen LogP contribution is 2.22. The predicted octanol–water partition coefficient (Wildman–Crippen LogP) is 0.754. The molecule has 1 saturated heterocycles. The summed E-state index contributed by atoms with van der Waals surface area (Å²) in [6.07, 6.45) is 0.203. The number of rotatable bonds is 7. The van der Waals surface area contributed by atoms with Crippen LogP contribution in [0, 0.1) is 5.92 Å². The monoisotopic (exact) mass is 356 g/mol. The van der Waals surface area contributed by atoms with Gasteiger partial charge in [-0.05, 0) is 31.4 Å². The van der Waals surface area contributed by atoms with Gasteiger partial charge in [-0.15, -0.1) is 0 Å². The minimum atomic E-state index is -4.00. The highest BCUT2D eigenvalue weighted by Gasteiger charge is 2.28. The summed E-state index contributed by atoms with van der Waals surface area (Å²) in [6.45, 7) is 5.34. The highest BCUT2D eigenvalue weighted by molar-refractivity contribution is 7.89. The number of aliphatic hydroxyl groups is 1. The maximum Gasteiger partial charge on any atom is 0.337 e. The average Bonchev–Trinajstić information content (AvgIpc) is 2.83. The molecule has 0 bridgehead atoms. The number of nitrogens with zero attached hydrogens (tertiary/aromatic N) is 1. The molecular weight excluding hydrogens is 332 g/mol. The van der Waals surface area contributed by atoms with Crippen LogP contribution in [0.3, 0.4) is 0 Å². The molecule has 1 aliphatic rings. The molecule has 0 aliphatic carbocycles. The lowest BCUT2D eigenvalue weighted by Gasteiger charge is -2.24. The number of aliphatic hydroxyl groups excluding tert-OH is 1. The third kappa shape index (κ3) is 4.54. The summed E-state index contributed by atoms with van der Waals surface area (Å²) in [5.41, 5.74) is -0.290. The molecule has 3 N–H and O–H groups in total. The fourth-order valence-corrected chi connectivity index (χ4v) is 4.41. The molecule has 134 valence electrons. The van der Waals surface area contributed by atoms with Crippen LogP contribution in [0.15, 0.2) is 29.2 Å². The molecule has 1 aromatic rings. The van der Waals surface area contributed by atoms with Gasteiger partial charge in [0.1, 0.15) is 0 Å². The number of β-amino-alcohol motifs (C(OH)–C–C–N with tert-alkyl or cyclic N) is 1. The molecule has 0 amide bonds. The van der Waals surface area contributed by atoms with Gasteiger partial charge in [0.05, 0.1) is 16.6 Å². The number of aromatic carboxylic acids is 1. The zero-order valence-electron chi connectivity index (χ0n) is 13.8. The molecule has 2 rings (SSSR count). The van der Waals surface area contributed by atoms with E-state index in [1.165, 1.54) is 24.3 Å². The van der Waals surface area contributed by atoms with Crippen molar-refractivity contribution in [3.05, 3.63) is 29.8 Å². The molecule has 1 aliphatic heterocycles. The lowest BCUT2D eigenvalue weighted by atomic mass is 10.1. The second kappa shape index (κ2) is 7.60. The van der Waals surface area contributed by atoms with Gasteiger partial charge in [-0.25, -0.2) is 17.9 Å². The summed E-state index contributed by atoms with van der Waals surface area (Å²) < 4.78 is 26.9. The van der Waals surface area contributed by atoms with Crippen LogP contribution in [-0.4, -0.2) is 61.3 Å². The average molecular weight is 356 g/mol. The van der Waals surface area contributed by atoms with Gasteiger partial charge >= 0.3 is 5.97 Å². The summed E-state index contributed by atoms with van der Waals surface area (Å²) in [7, 11) is -4.00. The summed E-state index contributed by atoms with van der Waals surface area (Å²) in [6, 6.07) is 5.76. The fourth-order valence-electron chi connectivity index (χ4n) is 3.14. The van der Waals surface area contributed by atoms with Gasteiger partial charge in [-0.2, -0.15) is 0 Å². The van der Waals surface area contributed by atoms with E-state index in [-0.39, 0.29) is 17.0 Å². The first-order chi connectivity index (χ1) is 11.2. The normalized spacial score (nSPS) is 23.3. The summed E-state index contributed by atoms with van der Waals surface area (Å²) in [4.78, 5) is 13.0. The largest absolute Gasteiger partial charge is 0.478 e. The minimum absolute atomic E-state index is 0.159. The van der Waals surface area contributed by atoms with Crippen molar-refractivity contribution in [2.24, 2.45) is 5.92 Å². The summed E-state index contributed by atoms with van der Waals surface area (Å²) in [5.74, 6) is -0.747. The molecule has 0 aromatic heterocycles. The Bertz CT molecular complexity index is 691. The third-order valence-corrected chi connectivity index (χ3v) is 5.76. The summed E-state index contributed by atoms with van der Waals surface area (Å²) >= 11 is 0. The maximum absolute atomic E-state index is 12.3. The first kappa shape index (κ1) is 18.9. The van der Waals surface area contributed by atoms with Gasteiger partial charge in [0.25, 0.3) is 0 Å². The van der Waals surface area contributed by atoms with Crippen molar-refractivity contribution in [2.75, 3.05) is 19.6 Å². The van der Waals surface area contributed by atoms with E-state index in [0.717, 1.165) is 13.0 Å². The predicted molar refractivity (Wildman–Crippen MR) is 89.4 cm³/mol. The molecule has 8 heteroatoms. The van der Waals surface area contributed by atoms with Gasteiger partial charge in [0.15, 0.2) is 0 Å². The van der Waals surface area contributed by atoms with Crippen molar-refractivity contribution in [1.82, 2.24) is 9.62 Å². The molecule has 0 spiro atoms. The molecular formula is C16H24N2O5S. The molecule has 0 radical (unpaired) electrons. The van der Waals surface area contributed by atoms with Crippen LogP contribution in [0.25, 0.3) is 0 Å². The van der Waals surface area contributed by atoms with Crippen LogP contribution in [0.4, 0.5) is 0 Å². The second-order valence-corrected chi connectivity index (χ2v) is 8.19. The van der Waals surface area contributed by atoms with Crippen molar-refractivity contribution >= 4 is 16.0 Å². The number of likely N-dealkylation sites (tertiary alicyclic amines) is 1. The van der Waals surface area contributed by atoms with E-state index in [0.29, 0.717) is 18.5 Å². The van der Waals surface area contributed by atoms with Crippen molar-refractivity contribution in [1.29, 1.82) is 0 Å². The summed E-state index contributed by atoms with van der Waals surface area (Å²) in [5, 5.41) is 19.2. The Balaban J connectivity index is 1.99. The SMILES string of the molecule is CC1CC(C)N(C[C@@H](O)CNS(=O)(=O)c2ccccc2C(=O)O)C1. The number of benzene rings is 1. The molecule has 0 saturated carbocycles. The fraction of sp³-hybridized carbons (Fsp3) is 0.562. The Kier molecular flexibility index (Phi) is 5.97. The zero-order chi connectivity index (χ0) is 17.9. The third-order valence-electron chi connectivity index (χ3n) is 4.27. The van der Waals surface area contributed by atoms with Gasteiger partial charge in [-0.1, -0.05) is 19.1 Å². The number of sulfonamides is 1. The standard InChI is InChI=1S/C16H24N2O5S/c1-11-7-12(2)18(9-11)10-13(19)8-17-24(22,23)15-6-4-3-5-14(15)16(20)21/h3-6,11-13,17,19H,7-10H2,1-2H3,(H,20,21)/t11?,12?,13-/m0/s1. The van der Waals surface area contributed by atoms with Crippen molar-refractivity contribution in [2.45, 2.75) is 37.3 Å². The van der Waals surface area contributed by atoms with E-state index >= 15 is 0 Å². The lowest BCUT2D eigenvalue weighted by Crippen LogP contribution is -2.41. The van der Waals surface area contributed by atoms with Gasteiger partial charge in [0.2, 0.25) is 10.0 Å². The Morgan fingerprint density at radius 3 is 2.62 bits per heavy atom. The Labute approximate surface area is 142 Å². The van der Waals surface area contributed by atoms with Gasteiger partial charge in [0, 0.05) is 25.7 Å². The van der Waals surface area contributed by atoms with E-state index in [4.69, 9.17) is 5.11 Å². The van der Waals surface area contributed by atoms with Crippen molar-refractivity contribution in [3.8, 4) is 0 Å². The Morgan fingerprint density at radius 1 is 1.38 bits per heavy atom. The quantitative estimate of drug-likeness (QED) is 0.666. The Hall–Kier alpha value is -1.48. The topological polar surface area (TPSA) is 107 Å². The Morgan fingerprint density at radius 2 is 2.04 bits per heavy atom. The molecule has 1 heterocycles. The molecule has 3 atom stereocenters. The van der Waals surface area contributed by atoms with E-state index in [1.54, 1.807) is 0 Å². The van der Waals surface area contributed by atoms with Gasteiger partial charge in [-0.3, -0.25) is 4.90 Å². The first-order valence-electron chi connectivity index (χ1n) is 7.95. The van der Waals surface area contributed by atoms with Crippen LogP contribution in [0.2, 0.25) is 0 Å². The van der Waals surface area contributed by atoms with E-state index < -0.39 is 22.1 Å². The zero-order valence-corrected chi connectivity index (χ0v) is 14.7. The van der Waals surface area contributed by atoms with Crippen LogP contribution in [-0.2, 0) is 10.0 Å². The molecule has 7 nitrogen and oxygen atoms in total. The second-order valence-electron chi connectivity index (χ2n) is 6.45.